The lowest BCUT2D eigenvalue weighted by Gasteiger charge is -2.24. The predicted octanol–water partition coefficient (Wildman–Crippen LogP) is 4.28. The van der Waals surface area contributed by atoms with Gasteiger partial charge in [-0.2, -0.15) is 0 Å². The van der Waals surface area contributed by atoms with Crippen LogP contribution in [-0.2, 0) is 9.53 Å². The molecular weight excluding hydrogens is 434 g/mol. The molecule has 1 aliphatic rings. The quantitative estimate of drug-likeness (QED) is 0.485. The Morgan fingerprint density at radius 1 is 1.00 bits per heavy atom. The van der Waals surface area contributed by atoms with E-state index in [2.05, 4.69) is 27.8 Å². The molecule has 0 saturated carbocycles. The molecule has 0 saturated heterocycles. The Morgan fingerprint density at radius 2 is 1.62 bits per heavy atom. The van der Waals surface area contributed by atoms with E-state index in [0.29, 0.717) is 0 Å². The van der Waals surface area contributed by atoms with Crippen molar-refractivity contribution < 1.29 is 24.2 Å². The van der Waals surface area contributed by atoms with Crippen LogP contribution in [0.25, 0.3) is 11.1 Å². The molecule has 8 nitrogen and oxygen atoms in total. The van der Waals surface area contributed by atoms with Crippen molar-refractivity contribution in [2.45, 2.75) is 19.8 Å². The number of hydrogen-bond acceptors (Lipinski definition) is 5. The van der Waals surface area contributed by atoms with Crippen molar-refractivity contribution in [1.82, 2.24) is 10.3 Å². The van der Waals surface area contributed by atoms with E-state index >= 15 is 0 Å². The van der Waals surface area contributed by atoms with Gasteiger partial charge in [0.15, 0.2) is 0 Å². The fourth-order valence-electron chi connectivity index (χ4n) is 3.95. The molecule has 0 atom stereocenters. The topological polar surface area (TPSA) is 118 Å². The van der Waals surface area contributed by atoms with Gasteiger partial charge >= 0.3 is 12.1 Å². The van der Waals surface area contributed by atoms with Gasteiger partial charge in [0.1, 0.15) is 6.61 Å². The summed E-state index contributed by atoms with van der Waals surface area (Å²) in [5.74, 6) is -1.58. The zero-order chi connectivity index (χ0) is 24.3. The van der Waals surface area contributed by atoms with Gasteiger partial charge in [0, 0.05) is 18.7 Å². The van der Waals surface area contributed by atoms with Crippen LogP contribution in [0, 0.1) is 5.41 Å². The SMILES string of the molecule is CC(C)(CNC(=O)OCC1c2ccccc2-c2ccccc21)C(=O)Nc1cncc(C(=O)O)c1. The molecule has 34 heavy (non-hydrogen) atoms. The minimum absolute atomic E-state index is 0.0293. The highest BCUT2D eigenvalue weighted by molar-refractivity contribution is 5.96. The molecule has 2 amide bonds. The van der Waals surface area contributed by atoms with Crippen molar-refractivity contribution in [3.63, 3.8) is 0 Å². The molecule has 8 heteroatoms. The number of carbonyl (C=O) groups excluding carboxylic acids is 2. The number of aromatic carboxylic acids is 1. The summed E-state index contributed by atoms with van der Waals surface area (Å²) in [6.45, 7) is 3.54. The Hall–Kier alpha value is -4.20. The van der Waals surface area contributed by atoms with Gasteiger partial charge in [0.2, 0.25) is 5.91 Å². The van der Waals surface area contributed by atoms with E-state index in [1.807, 2.05) is 36.4 Å². The van der Waals surface area contributed by atoms with Crippen LogP contribution in [0.1, 0.15) is 41.3 Å². The van der Waals surface area contributed by atoms with Crippen molar-refractivity contribution in [3.05, 3.63) is 83.7 Å². The molecule has 1 heterocycles. The fraction of sp³-hybridized carbons (Fsp3) is 0.231. The van der Waals surface area contributed by atoms with E-state index in [1.165, 1.54) is 18.5 Å². The van der Waals surface area contributed by atoms with E-state index in [4.69, 9.17) is 9.84 Å². The van der Waals surface area contributed by atoms with E-state index in [9.17, 15) is 14.4 Å². The van der Waals surface area contributed by atoms with Crippen molar-refractivity contribution in [3.8, 4) is 11.1 Å². The number of benzene rings is 2. The summed E-state index contributed by atoms with van der Waals surface area (Å²) in [4.78, 5) is 40.0. The van der Waals surface area contributed by atoms with Crippen LogP contribution in [0.15, 0.2) is 67.0 Å². The normalized spacial score (nSPS) is 12.4. The van der Waals surface area contributed by atoms with Crippen LogP contribution in [0.3, 0.4) is 0 Å². The number of amides is 2. The van der Waals surface area contributed by atoms with Gasteiger partial charge in [0.25, 0.3) is 0 Å². The maximum atomic E-state index is 12.7. The third-order valence-corrected chi connectivity index (χ3v) is 5.88. The summed E-state index contributed by atoms with van der Waals surface area (Å²) < 4.78 is 5.52. The van der Waals surface area contributed by atoms with Crippen LogP contribution in [0.5, 0.6) is 0 Å². The second-order valence-electron chi connectivity index (χ2n) is 8.78. The number of aromatic nitrogens is 1. The first-order valence-corrected chi connectivity index (χ1v) is 10.8. The molecule has 3 aromatic rings. The molecule has 174 valence electrons. The average molecular weight is 460 g/mol. The Labute approximate surface area is 197 Å². The lowest BCUT2D eigenvalue weighted by Crippen LogP contribution is -2.42. The molecule has 1 aromatic heterocycles. The largest absolute Gasteiger partial charge is 0.478 e. The fourth-order valence-corrected chi connectivity index (χ4v) is 3.95. The zero-order valence-corrected chi connectivity index (χ0v) is 18.9. The van der Waals surface area contributed by atoms with E-state index in [1.54, 1.807) is 13.8 Å². The maximum Gasteiger partial charge on any atom is 0.407 e. The summed E-state index contributed by atoms with van der Waals surface area (Å²) in [6.07, 6.45) is 1.94. The highest BCUT2D eigenvalue weighted by Gasteiger charge is 2.31. The minimum Gasteiger partial charge on any atom is -0.478 e. The van der Waals surface area contributed by atoms with Gasteiger partial charge < -0.3 is 20.5 Å². The van der Waals surface area contributed by atoms with Crippen LogP contribution in [0.2, 0.25) is 0 Å². The summed E-state index contributed by atoms with van der Waals surface area (Å²) >= 11 is 0. The lowest BCUT2D eigenvalue weighted by atomic mass is 9.92. The third kappa shape index (κ3) is 4.76. The first-order valence-electron chi connectivity index (χ1n) is 10.8. The number of fused-ring (bicyclic) bond motifs is 3. The molecule has 1 aliphatic carbocycles. The smallest absolute Gasteiger partial charge is 0.407 e. The van der Waals surface area contributed by atoms with Gasteiger partial charge in [0.05, 0.1) is 22.9 Å². The molecule has 0 aliphatic heterocycles. The number of rotatable bonds is 7. The van der Waals surface area contributed by atoms with E-state index < -0.39 is 23.4 Å². The highest BCUT2D eigenvalue weighted by Crippen LogP contribution is 2.44. The Morgan fingerprint density at radius 3 is 2.24 bits per heavy atom. The van der Waals surface area contributed by atoms with Gasteiger partial charge in [-0.15, -0.1) is 0 Å². The van der Waals surface area contributed by atoms with Gasteiger partial charge in [-0.1, -0.05) is 48.5 Å². The van der Waals surface area contributed by atoms with Gasteiger partial charge in [-0.05, 0) is 42.2 Å². The van der Waals surface area contributed by atoms with E-state index in [-0.39, 0.29) is 30.3 Å². The molecule has 3 N–H and O–H groups in total. The standard InChI is InChI=1S/C26H25N3O5/c1-26(2,24(32)29-17-11-16(23(30)31)12-27-13-17)15-28-25(33)34-14-22-20-9-5-3-7-18(20)19-8-4-6-10-21(19)22/h3-13,22H,14-15H2,1-2H3,(H,28,33)(H,29,32)(H,30,31). The number of nitrogens with one attached hydrogen (secondary N) is 2. The molecule has 0 spiro atoms. The molecule has 0 bridgehead atoms. The van der Waals surface area contributed by atoms with Crippen molar-refractivity contribution in [1.29, 1.82) is 0 Å². The zero-order valence-electron chi connectivity index (χ0n) is 18.9. The molecule has 4 rings (SSSR count). The Kier molecular flexibility index (Phi) is 6.32. The number of nitrogens with zero attached hydrogens (tertiary/aromatic N) is 1. The van der Waals surface area contributed by atoms with Crippen LogP contribution in [-0.4, -0.2) is 41.2 Å². The van der Waals surface area contributed by atoms with Crippen LogP contribution < -0.4 is 10.6 Å². The van der Waals surface area contributed by atoms with Crippen molar-refractivity contribution >= 4 is 23.7 Å². The number of carboxylic acids is 1. The van der Waals surface area contributed by atoms with Crippen LogP contribution >= 0.6 is 0 Å². The number of carboxylic acid groups (broad SMARTS) is 1. The number of ether oxygens (including phenoxy) is 1. The Bertz CT molecular complexity index is 1210. The highest BCUT2D eigenvalue weighted by atomic mass is 16.5. The molecule has 2 aromatic carbocycles. The monoisotopic (exact) mass is 459 g/mol. The first kappa shape index (κ1) is 23.0. The molecule has 0 fully saturated rings. The minimum atomic E-state index is -1.14. The summed E-state index contributed by atoms with van der Waals surface area (Å²) in [6, 6.07) is 17.5. The average Bonchev–Trinajstić information content (AvgIpc) is 3.15. The number of alkyl carbamates (subject to hydrolysis) is 1. The third-order valence-electron chi connectivity index (χ3n) is 5.88. The maximum absolute atomic E-state index is 12.7. The molecular formula is C26H25N3O5. The van der Waals surface area contributed by atoms with Crippen LogP contribution in [0.4, 0.5) is 10.5 Å². The van der Waals surface area contributed by atoms with Gasteiger partial charge in [-0.3, -0.25) is 9.78 Å². The Balaban J connectivity index is 1.33. The predicted molar refractivity (Wildman–Crippen MR) is 127 cm³/mol. The second kappa shape index (κ2) is 9.35. The number of carbonyl (C=O) groups is 3. The molecule has 0 radical (unpaired) electrons. The van der Waals surface area contributed by atoms with Crippen molar-refractivity contribution in [2.75, 3.05) is 18.5 Å². The summed E-state index contributed by atoms with van der Waals surface area (Å²) in [5, 5.41) is 14.4. The summed E-state index contributed by atoms with van der Waals surface area (Å²) in [7, 11) is 0. The van der Waals surface area contributed by atoms with E-state index in [0.717, 1.165) is 22.3 Å². The second-order valence-corrected chi connectivity index (χ2v) is 8.78. The lowest BCUT2D eigenvalue weighted by molar-refractivity contribution is -0.123. The first-order chi connectivity index (χ1) is 16.3. The number of anilines is 1. The molecule has 0 unspecified atom stereocenters. The summed E-state index contributed by atoms with van der Waals surface area (Å²) in [5.41, 5.74) is 3.77. The van der Waals surface area contributed by atoms with Crippen molar-refractivity contribution in [2.24, 2.45) is 5.41 Å². The number of hydrogen-bond donors (Lipinski definition) is 3. The van der Waals surface area contributed by atoms with Gasteiger partial charge in [-0.25, -0.2) is 9.59 Å². The number of pyridine rings is 1.